The highest BCUT2D eigenvalue weighted by Gasteiger charge is 2.27. The van der Waals surface area contributed by atoms with E-state index in [1.807, 2.05) is 0 Å². The molecule has 1 atom stereocenters. The molecule has 0 aromatic carbocycles. The maximum absolute atomic E-state index is 9.17. The summed E-state index contributed by atoms with van der Waals surface area (Å²) in [6.07, 6.45) is 8.22. The molecule has 1 aliphatic heterocycles. The zero-order valence-corrected chi connectivity index (χ0v) is 8.41. The molecule has 1 heterocycles. The third-order valence-corrected chi connectivity index (χ3v) is 3.68. The lowest BCUT2D eigenvalue weighted by atomic mass is 10.1. The number of nitrogens with zero attached hydrogens (tertiary/aromatic N) is 1. The first-order chi connectivity index (χ1) is 6.40. The van der Waals surface area contributed by atoms with Crippen LogP contribution in [0.2, 0.25) is 0 Å². The molecule has 1 N–H and O–H groups in total. The molecule has 0 aromatic heterocycles. The summed E-state index contributed by atoms with van der Waals surface area (Å²) < 4.78 is 0. The summed E-state index contributed by atoms with van der Waals surface area (Å²) in [6.45, 7) is 2.85. The highest BCUT2D eigenvalue weighted by Crippen LogP contribution is 2.28. The fourth-order valence-electron chi connectivity index (χ4n) is 2.87. The molecule has 2 rings (SSSR count). The van der Waals surface area contributed by atoms with Gasteiger partial charge in [-0.25, -0.2) is 0 Å². The Morgan fingerprint density at radius 2 is 1.85 bits per heavy atom. The minimum absolute atomic E-state index is 0.368. The Kier molecular flexibility index (Phi) is 3.23. The number of hydrogen-bond acceptors (Lipinski definition) is 2. The van der Waals surface area contributed by atoms with E-state index in [0.29, 0.717) is 12.6 Å². The van der Waals surface area contributed by atoms with Crippen LogP contribution in [0.5, 0.6) is 0 Å². The van der Waals surface area contributed by atoms with Crippen LogP contribution in [-0.4, -0.2) is 35.7 Å². The fraction of sp³-hybridized carbons (Fsp3) is 1.00. The summed E-state index contributed by atoms with van der Waals surface area (Å²) in [5.41, 5.74) is 0. The van der Waals surface area contributed by atoms with Gasteiger partial charge in [0, 0.05) is 12.6 Å². The average Bonchev–Trinajstić information content (AvgIpc) is 2.76. The molecule has 1 saturated heterocycles. The number of likely N-dealkylation sites (tertiary alicyclic amines) is 1. The van der Waals surface area contributed by atoms with Crippen molar-refractivity contribution in [2.75, 3.05) is 19.7 Å². The molecular formula is C11H21NO. The molecule has 2 heteroatoms. The minimum Gasteiger partial charge on any atom is -0.395 e. The van der Waals surface area contributed by atoms with E-state index in [2.05, 4.69) is 4.90 Å². The van der Waals surface area contributed by atoms with Crippen molar-refractivity contribution in [2.24, 2.45) is 5.92 Å². The predicted molar refractivity (Wildman–Crippen MR) is 53.6 cm³/mol. The largest absolute Gasteiger partial charge is 0.395 e. The Morgan fingerprint density at radius 3 is 2.54 bits per heavy atom. The van der Waals surface area contributed by atoms with Crippen LogP contribution < -0.4 is 0 Å². The Bertz CT molecular complexity index is 154. The molecule has 13 heavy (non-hydrogen) atoms. The van der Waals surface area contributed by atoms with Crippen LogP contribution in [0.1, 0.15) is 38.5 Å². The summed E-state index contributed by atoms with van der Waals surface area (Å²) in [5.74, 6) is 0.937. The molecule has 1 aliphatic carbocycles. The lowest BCUT2D eigenvalue weighted by Gasteiger charge is -2.25. The van der Waals surface area contributed by atoms with Crippen LogP contribution in [0.25, 0.3) is 0 Å². The van der Waals surface area contributed by atoms with Crippen molar-refractivity contribution in [3.63, 3.8) is 0 Å². The highest BCUT2D eigenvalue weighted by atomic mass is 16.3. The van der Waals surface area contributed by atoms with Crippen molar-refractivity contribution in [3.8, 4) is 0 Å². The van der Waals surface area contributed by atoms with Gasteiger partial charge in [-0.15, -0.1) is 0 Å². The first-order valence-corrected chi connectivity index (χ1v) is 5.75. The van der Waals surface area contributed by atoms with E-state index < -0.39 is 0 Å². The summed E-state index contributed by atoms with van der Waals surface area (Å²) in [4.78, 5) is 2.51. The third-order valence-electron chi connectivity index (χ3n) is 3.68. The monoisotopic (exact) mass is 183 g/mol. The third kappa shape index (κ3) is 2.23. The number of aliphatic hydroxyl groups excluding tert-OH is 1. The van der Waals surface area contributed by atoms with E-state index >= 15 is 0 Å². The fourth-order valence-corrected chi connectivity index (χ4v) is 2.87. The van der Waals surface area contributed by atoms with Gasteiger partial charge in [-0.05, 0) is 38.1 Å². The van der Waals surface area contributed by atoms with Gasteiger partial charge in [-0.3, -0.25) is 4.90 Å². The lowest BCUT2D eigenvalue weighted by Crippen LogP contribution is -2.35. The van der Waals surface area contributed by atoms with E-state index in [1.54, 1.807) is 0 Å². The average molecular weight is 183 g/mol. The van der Waals surface area contributed by atoms with Crippen LogP contribution >= 0.6 is 0 Å². The van der Waals surface area contributed by atoms with E-state index in [1.165, 1.54) is 51.6 Å². The van der Waals surface area contributed by atoms with Gasteiger partial charge < -0.3 is 5.11 Å². The molecule has 0 spiro atoms. The lowest BCUT2D eigenvalue weighted by molar-refractivity contribution is 0.142. The Labute approximate surface area is 80.9 Å². The molecular weight excluding hydrogens is 162 g/mol. The van der Waals surface area contributed by atoms with Gasteiger partial charge >= 0.3 is 0 Å². The topological polar surface area (TPSA) is 23.5 Å². The van der Waals surface area contributed by atoms with Gasteiger partial charge in [-0.2, -0.15) is 0 Å². The summed E-state index contributed by atoms with van der Waals surface area (Å²) in [6, 6.07) is 0.487. The van der Waals surface area contributed by atoms with Gasteiger partial charge in [0.05, 0.1) is 6.61 Å². The Balaban J connectivity index is 1.79. The second-order valence-electron chi connectivity index (χ2n) is 4.62. The summed E-state index contributed by atoms with van der Waals surface area (Å²) in [7, 11) is 0. The van der Waals surface area contributed by atoms with Crippen LogP contribution in [0.15, 0.2) is 0 Å². The van der Waals surface area contributed by atoms with Crippen molar-refractivity contribution < 1.29 is 5.11 Å². The van der Waals surface area contributed by atoms with Gasteiger partial charge in [0.1, 0.15) is 0 Å². The Morgan fingerprint density at radius 1 is 1.08 bits per heavy atom. The first kappa shape index (κ1) is 9.47. The molecule has 76 valence electrons. The molecule has 2 aliphatic rings. The zero-order valence-electron chi connectivity index (χ0n) is 8.41. The molecule has 0 aromatic rings. The van der Waals surface area contributed by atoms with Crippen molar-refractivity contribution >= 4 is 0 Å². The van der Waals surface area contributed by atoms with Crippen LogP contribution in [-0.2, 0) is 0 Å². The molecule has 0 bridgehead atoms. The van der Waals surface area contributed by atoms with Crippen molar-refractivity contribution in [3.05, 3.63) is 0 Å². The molecule has 2 fully saturated rings. The van der Waals surface area contributed by atoms with E-state index in [-0.39, 0.29) is 0 Å². The molecule has 0 amide bonds. The summed E-state index contributed by atoms with van der Waals surface area (Å²) in [5, 5.41) is 9.17. The second kappa shape index (κ2) is 4.43. The number of aliphatic hydroxyl groups is 1. The summed E-state index contributed by atoms with van der Waals surface area (Å²) >= 11 is 0. The normalized spacial score (nSPS) is 31.6. The van der Waals surface area contributed by atoms with Gasteiger partial charge in [0.15, 0.2) is 0 Å². The van der Waals surface area contributed by atoms with E-state index in [4.69, 9.17) is 5.11 Å². The Hall–Kier alpha value is -0.0800. The van der Waals surface area contributed by atoms with Crippen molar-refractivity contribution in [1.82, 2.24) is 4.90 Å². The first-order valence-electron chi connectivity index (χ1n) is 5.75. The van der Waals surface area contributed by atoms with Crippen molar-refractivity contribution in [2.45, 2.75) is 44.6 Å². The minimum atomic E-state index is 0.368. The molecule has 0 radical (unpaired) electrons. The zero-order chi connectivity index (χ0) is 9.10. The standard InChI is InChI=1S/C11H21NO/c13-9-11-6-3-7-12(11)8-10-4-1-2-5-10/h10-11,13H,1-9H2/t11-/m0/s1. The maximum atomic E-state index is 9.17. The van der Waals surface area contributed by atoms with Crippen LogP contribution in [0, 0.1) is 5.92 Å². The van der Waals surface area contributed by atoms with Crippen molar-refractivity contribution in [1.29, 1.82) is 0 Å². The molecule has 1 saturated carbocycles. The predicted octanol–water partition coefficient (Wildman–Crippen LogP) is 1.63. The van der Waals surface area contributed by atoms with Gasteiger partial charge in [0.2, 0.25) is 0 Å². The van der Waals surface area contributed by atoms with Gasteiger partial charge in [0.25, 0.3) is 0 Å². The number of rotatable bonds is 3. The number of hydrogen-bond donors (Lipinski definition) is 1. The maximum Gasteiger partial charge on any atom is 0.0586 e. The second-order valence-corrected chi connectivity index (χ2v) is 4.62. The SMILES string of the molecule is OC[C@@H]1CCCN1CC1CCCC1. The molecule has 0 unspecified atom stereocenters. The van der Waals surface area contributed by atoms with E-state index in [9.17, 15) is 0 Å². The van der Waals surface area contributed by atoms with Gasteiger partial charge in [-0.1, -0.05) is 12.8 Å². The highest BCUT2D eigenvalue weighted by molar-refractivity contribution is 4.81. The quantitative estimate of drug-likeness (QED) is 0.719. The van der Waals surface area contributed by atoms with Crippen LogP contribution in [0.4, 0.5) is 0 Å². The molecule has 2 nitrogen and oxygen atoms in total. The smallest absolute Gasteiger partial charge is 0.0586 e. The van der Waals surface area contributed by atoms with Crippen LogP contribution in [0.3, 0.4) is 0 Å². The van der Waals surface area contributed by atoms with E-state index in [0.717, 1.165) is 5.92 Å².